The number of nitrogens with one attached hydrogen (secondary N) is 1. The lowest BCUT2D eigenvalue weighted by molar-refractivity contribution is 0.0933. The fourth-order valence-electron chi connectivity index (χ4n) is 3.03. The van der Waals surface area contributed by atoms with Crippen molar-refractivity contribution in [3.63, 3.8) is 0 Å². The summed E-state index contributed by atoms with van der Waals surface area (Å²) in [5.74, 6) is 0.758. The van der Waals surface area contributed by atoms with Gasteiger partial charge in [-0.3, -0.25) is 13.9 Å². The van der Waals surface area contributed by atoms with Gasteiger partial charge in [-0.2, -0.15) is 0 Å². The first-order chi connectivity index (χ1) is 11.6. The highest BCUT2D eigenvalue weighted by molar-refractivity contribution is 7.84. The summed E-state index contributed by atoms with van der Waals surface area (Å²) >= 11 is 0. The Labute approximate surface area is 144 Å². The Morgan fingerprint density at radius 3 is 2.54 bits per heavy atom. The highest BCUT2D eigenvalue weighted by atomic mass is 32.2. The second-order valence-corrected chi connectivity index (χ2v) is 7.34. The number of carbonyl (C=O) groups is 1. The molecular formula is C18H22N2O3S. The van der Waals surface area contributed by atoms with Crippen molar-refractivity contribution in [1.82, 2.24) is 10.2 Å². The van der Waals surface area contributed by atoms with Crippen LogP contribution in [0, 0.1) is 0 Å². The molecule has 3 rings (SSSR count). The van der Waals surface area contributed by atoms with Gasteiger partial charge < -0.3 is 9.73 Å². The molecule has 6 heteroatoms. The number of hydrogen-bond donors (Lipinski definition) is 1. The largest absolute Gasteiger partial charge is 0.468 e. The standard InChI is InChI=1S/C18H22N2O3S/c1-24(22)15-8-6-14(7-9-15)18(21)19-13-16(17-5-4-12-23-17)20-10-2-3-11-20/h4-9,12,16H,2-3,10-11,13H2,1H3,(H,19,21)/t16-,24+/m1/s1. The van der Waals surface area contributed by atoms with Crippen LogP contribution in [0.5, 0.6) is 0 Å². The predicted molar refractivity (Wildman–Crippen MR) is 93.4 cm³/mol. The number of hydrogen-bond acceptors (Lipinski definition) is 4. The van der Waals surface area contributed by atoms with Crippen molar-refractivity contribution in [3.05, 3.63) is 54.0 Å². The van der Waals surface area contributed by atoms with Crippen LogP contribution in [-0.4, -0.2) is 40.9 Å². The molecule has 1 N–H and O–H groups in total. The summed E-state index contributed by atoms with van der Waals surface area (Å²) in [4.78, 5) is 15.4. The molecule has 0 unspecified atom stereocenters. The number of furan rings is 1. The van der Waals surface area contributed by atoms with E-state index in [0.717, 1.165) is 23.7 Å². The van der Waals surface area contributed by atoms with Gasteiger partial charge in [0.15, 0.2) is 0 Å². The smallest absolute Gasteiger partial charge is 0.251 e. The maximum absolute atomic E-state index is 12.4. The number of carbonyl (C=O) groups excluding carboxylic acids is 1. The van der Waals surface area contributed by atoms with E-state index in [9.17, 15) is 9.00 Å². The molecule has 0 saturated carbocycles. The lowest BCUT2D eigenvalue weighted by atomic mass is 10.1. The molecule has 2 aromatic rings. The number of amides is 1. The van der Waals surface area contributed by atoms with Crippen molar-refractivity contribution in [2.45, 2.75) is 23.8 Å². The Bertz CT molecular complexity index is 692. The number of rotatable bonds is 6. The van der Waals surface area contributed by atoms with Gasteiger partial charge in [-0.05, 0) is 62.3 Å². The fraction of sp³-hybridized carbons (Fsp3) is 0.389. The third-order valence-corrected chi connectivity index (χ3v) is 5.29. The molecule has 24 heavy (non-hydrogen) atoms. The van der Waals surface area contributed by atoms with Crippen LogP contribution in [0.2, 0.25) is 0 Å². The average Bonchev–Trinajstić information content (AvgIpc) is 3.29. The topological polar surface area (TPSA) is 62.6 Å². The predicted octanol–water partition coefficient (Wildman–Crippen LogP) is 2.58. The van der Waals surface area contributed by atoms with E-state index >= 15 is 0 Å². The summed E-state index contributed by atoms with van der Waals surface area (Å²) in [7, 11) is -1.03. The van der Waals surface area contributed by atoms with Gasteiger partial charge in [-0.25, -0.2) is 0 Å². The second-order valence-electron chi connectivity index (χ2n) is 5.96. The van der Waals surface area contributed by atoms with E-state index in [1.807, 2.05) is 12.1 Å². The van der Waals surface area contributed by atoms with Gasteiger partial charge in [-0.15, -0.1) is 0 Å². The average molecular weight is 346 g/mol. The van der Waals surface area contributed by atoms with Gasteiger partial charge >= 0.3 is 0 Å². The third kappa shape index (κ3) is 3.94. The van der Waals surface area contributed by atoms with E-state index < -0.39 is 10.8 Å². The van der Waals surface area contributed by atoms with Crippen molar-refractivity contribution in [2.24, 2.45) is 0 Å². The van der Waals surface area contributed by atoms with Crippen LogP contribution >= 0.6 is 0 Å². The van der Waals surface area contributed by atoms with Gasteiger partial charge in [0, 0.05) is 34.1 Å². The van der Waals surface area contributed by atoms with Gasteiger partial charge in [0.05, 0.1) is 12.3 Å². The van der Waals surface area contributed by atoms with Crippen LogP contribution in [0.15, 0.2) is 52.0 Å². The molecule has 2 heterocycles. The van der Waals surface area contributed by atoms with Crippen LogP contribution in [-0.2, 0) is 10.8 Å². The van der Waals surface area contributed by atoms with Crippen LogP contribution in [0.25, 0.3) is 0 Å². The fourth-order valence-corrected chi connectivity index (χ4v) is 3.55. The molecule has 2 atom stereocenters. The Balaban J connectivity index is 1.65. The zero-order valence-corrected chi connectivity index (χ0v) is 14.6. The summed E-state index contributed by atoms with van der Waals surface area (Å²) in [6.45, 7) is 2.56. The minimum absolute atomic E-state index is 0.0638. The van der Waals surface area contributed by atoms with Crippen LogP contribution < -0.4 is 5.32 Å². The van der Waals surface area contributed by atoms with Crippen molar-refractivity contribution in [3.8, 4) is 0 Å². The summed E-state index contributed by atoms with van der Waals surface area (Å²) < 4.78 is 17.0. The van der Waals surface area contributed by atoms with Crippen molar-refractivity contribution >= 4 is 16.7 Å². The van der Waals surface area contributed by atoms with Crippen molar-refractivity contribution in [2.75, 3.05) is 25.9 Å². The SMILES string of the molecule is C[S@](=O)c1ccc(C(=O)NC[C@H](c2ccco2)N2CCCC2)cc1. The number of nitrogens with zero attached hydrogens (tertiary/aromatic N) is 1. The molecule has 1 amide bonds. The number of likely N-dealkylation sites (tertiary alicyclic amines) is 1. The highest BCUT2D eigenvalue weighted by Crippen LogP contribution is 2.25. The molecule has 1 aliphatic heterocycles. The van der Waals surface area contributed by atoms with Crippen LogP contribution in [0.4, 0.5) is 0 Å². The number of benzene rings is 1. The Morgan fingerprint density at radius 1 is 1.25 bits per heavy atom. The van der Waals surface area contributed by atoms with Gasteiger partial charge in [0.2, 0.25) is 0 Å². The first kappa shape index (κ1) is 16.9. The van der Waals surface area contributed by atoms with E-state index in [1.54, 1.807) is 36.8 Å². The normalized spacial score (nSPS) is 17.5. The lowest BCUT2D eigenvalue weighted by Gasteiger charge is -2.26. The Hall–Kier alpha value is -1.92. The maximum Gasteiger partial charge on any atom is 0.251 e. The molecular weight excluding hydrogens is 324 g/mol. The molecule has 1 fully saturated rings. The Kier molecular flexibility index (Phi) is 5.48. The lowest BCUT2D eigenvalue weighted by Crippen LogP contribution is -2.36. The van der Waals surface area contributed by atoms with Gasteiger partial charge in [0.1, 0.15) is 5.76 Å². The van der Waals surface area contributed by atoms with E-state index in [4.69, 9.17) is 4.42 Å². The third-order valence-electron chi connectivity index (χ3n) is 4.36. The summed E-state index contributed by atoms with van der Waals surface area (Å²) in [5, 5.41) is 3.00. The Morgan fingerprint density at radius 2 is 1.96 bits per heavy atom. The second kappa shape index (κ2) is 7.77. The monoisotopic (exact) mass is 346 g/mol. The molecule has 1 saturated heterocycles. The van der Waals surface area contributed by atoms with E-state index in [2.05, 4.69) is 10.2 Å². The minimum atomic E-state index is -1.03. The first-order valence-electron chi connectivity index (χ1n) is 8.14. The quantitative estimate of drug-likeness (QED) is 0.873. The van der Waals surface area contributed by atoms with E-state index in [1.165, 1.54) is 12.8 Å². The zero-order chi connectivity index (χ0) is 16.9. The molecule has 128 valence electrons. The highest BCUT2D eigenvalue weighted by Gasteiger charge is 2.26. The van der Waals surface area contributed by atoms with Crippen molar-refractivity contribution < 1.29 is 13.4 Å². The maximum atomic E-state index is 12.4. The molecule has 0 aliphatic carbocycles. The molecule has 0 radical (unpaired) electrons. The molecule has 0 bridgehead atoms. The molecule has 1 aromatic carbocycles. The summed E-state index contributed by atoms with van der Waals surface area (Å²) in [6.07, 6.45) is 5.66. The van der Waals surface area contributed by atoms with Gasteiger partial charge in [-0.1, -0.05) is 0 Å². The molecule has 1 aliphatic rings. The van der Waals surface area contributed by atoms with E-state index in [-0.39, 0.29) is 11.9 Å². The van der Waals surface area contributed by atoms with Crippen LogP contribution in [0.3, 0.4) is 0 Å². The molecule has 5 nitrogen and oxygen atoms in total. The summed E-state index contributed by atoms with van der Waals surface area (Å²) in [6, 6.07) is 10.8. The first-order valence-corrected chi connectivity index (χ1v) is 9.70. The summed E-state index contributed by atoms with van der Waals surface area (Å²) in [5.41, 5.74) is 0.573. The van der Waals surface area contributed by atoms with Gasteiger partial charge in [0.25, 0.3) is 5.91 Å². The minimum Gasteiger partial charge on any atom is -0.468 e. The van der Waals surface area contributed by atoms with E-state index in [0.29, 0.717) is 12.1 Å². The molecule has 0 spiro atoms. The zero-order valence-electron chi connectivity index (χ0n) is 13.7. The van der Waals surface area contributed by atoms with Crippen molar-refractivity contribution in [1.29, 1.82) is 0 Å². The van der Waals surface area contributed by atoms with Crippen LogP contribution in [0.1, 0.15) is 35.0 Å². The molecule has 1 aromatic heterocycles.